The maximum atomic E-state index is 5.60. The Labute approximate surface area is 119 Å². The highest BCUT2D eigenvalue weighted by Crippen LogP contribution is 2.20. The topological polar surface area (TPSA) is 63.2 Å². The maximum Gasteiger partial charge on any atom is 0.247 e. The molecule has 2 saturated heterocycles. The summed E-state index contributed by atoms with van der Waals surface area (Å²) in [5, 5.41) is 11.6. The van der Waals surface area contributed by atoms with Gasteiger partial charge in [0.05, 0.1) is 12.3 Å². The van der Waals surface area contributed by atoms with E-state index < -0.39 is 0 Å². The van der Waals surface area contributed by atoms with E-state index in [0.29, 0.717) is 12.0 Å². The molecule has 6 heteroatoms. The van der Waals surface area contributed by atoms with Crippen molar-refractivity contribution in [3.63, 3.8) is 0 Å². The van der Waals surface area contributed by atoms with Crippen LogP contribution in [0.4, 0.5) is 11.8 Å². The summed E-state index contributed by atoms with van der Waals surface area (Å²) in [4.78, 5) is 6.81. The van der Waals surface area contributed by atoms with Crippen LogP contribution in [0.3, 0.4) is 0 Å². The van der Waals surface area contributed by atoms with Gasteiger partial charge in [0.1, 0.15) is 0 Å². The fraction of sp³-hybridized carbons (Fsp3) is 0.786. The molecule has 3 rings (SSSR count). The molecule has 1 aromatic rings. The van der Waals surface area contributed by atoms with E-state index in [-0.39, 0.29) is 0 Å². The number of aromatic nitrogens is 3. The summed E-state index contributed by atoms with van der Waals surface area (Å²) >= 11 is 0. The van der Waals surface area contributed by atoms with Crippen LogP contribution in [-0.4, -0.2) is 47.5 Å². The Bertz CT molecular complexity index is 435. The standard InChI is InChI=1S/C14H23N5O/c1-11-4-2-6-19(10-11)14-17-13(9-16-18-14)15-8-12-5-3-7-20-12/h9,11-12H,2-8,10H2,1H3,(H,15,17,18). The van der Waals surface area contributed by atoms with Crippen molar-refractivity contribution >= 4 is 11.8 Å². The first-order chi connectivity index (χ1) is 9.81. The van der Waals surface area contributed by atoms with Gasteiger partial charge in [-0.1, -0.05) is 6.92 Å². The Kier molecular flexibility index (Phi) is 4.30. The molecule has 2 aliphatic rings. The second kappa shape index (κ2) is 6.35. The predicted molar refractivity (Wildman–Crippen MR) is 77.9 cm³/mol. The molecule has 0 spiro atoms. The van der Waals surface area contributed by atoms with Gasteiger partial charge in [0.15, 0.2) is 5.82 Å². The summed E-state index contributed by atoms with van der Waals surface area (Å²) in [7, 11) is 0. The third-order valence-electron chi connectivity index (χ3n) is 4.02. The predicted octanol–water partition coefficient (Wildman–Crippen LogP) is 1.70. The van der Waals surface area contributed by atoms with Crippen LogP contribution in [0.5, 0.6) is 0 Å². The highest BCUT2D eigenvalue weighted by atomic mass is 16.5. The van der Waals surface area contributed by atoms with Crippen LogP contribution in [0, 0.1) is 5.92 Å². The summed E-state index contributed by atoms with van der Waals surface area (Å²) in [6.45, 7) is 6.01. The van der Waals surface area contributed by atoms with Crippen molar-refractivity contribution in [1.29, 1.82) is 0 Å². The molecular weight excluding hydrogens is 254 g/mol. The second-order valence-electron chi connectivity index (χ2n) is 5.85. The smallest absolute Gasteiger partial charge is 0.247 e. The van der Waals surface area contributed by atoms with Gasteiger partial charge < -0.3 is 15.0 Å². The van der Waals surface area contributed by atoms with Gasteiger partial charge in [0.2, 0.25) is 5.95 Å². The number of hydrogen-bond donors (Lipinski definition) is 1. The van der Waals surface area contributed by atoms with E-state index in [9.17, 15) is 0 Å². The number of piperidine rings is 1. The van der Waals surface area contributed by atoms with Crippen molar-refractivity contribution < 1.29 is 4.74 Å². The second-order valence-corrected chi connectivity index (χ2v) is 5.85. The van der Waals surface area contributed by atoms with Gasteiger partial charge in [0.25, 0.3) is 0 Å². The Hall–Kier alpha value is -1.43. The van der Waals surface area contributed by atoms with Crippen LogP contribution >= 0.6 is 0 Å². The Morgan fingerprint density at radius 1 is 1.40 bits per heavy atom. The summed E-state index contributed by atoms with van der Waals surface area (Å²) in [6, 6.07) is 0. The molecule has 0 bridgehead atoms. The molecule has 0 aliphatic carbocycles. The van der Waals surface area contributed by atoms with Gasteiger partial charge in [0, 0.05) is 26.2 Å². The molecule has 3 heterocycles. The molecule has 0 amide bonds. The molecule has 0 saturated carbocycles. The molecule has 20 heavy (non-hydrogen) atoms. The number of nitrogens with one attached hydrogen (secondary N) is 1. The summed E-state index contributed by atoms with van der Waals surface area (Å²) in [5.74, 6) is 2.24. The Morgan fingerprint density at radius 3 is 3.15 bits per heavy atom. The first-order valence-corrected chi connectivity index (χ1v) is 7.61. The highest BCUT2D eigenvalue weighted by molar-refractivity contribution is 5.39. The average Bonchev–Trinajstić information content (AvgIpc) is 2.99. The van der Waals surface area contributed by atoms with Gasteiger partial charge in [-0.25, -0.2) is 0 Å². The highest BCUT2D eigenvalue weighted by Gasteiger charge is 2.20. The maximum absolute atomic E-state index is 5.60. The number of rotatable bonds is 4. The molecule has 110 valence electrons. The third-order valence-corrected chi connectivity index (χ3v) is 4.02. The lowest BCUT2D eigenvalue weighted by atomic mass is 10.0. The quantitative estimate of drug-likeness (QED) is 0.903. The minimum absolute atomic E-state index is 0.309. The number of hydrogen-bond acceptors (Lipinski definition) is 6. The molecule has 0 aromatic carbocycles. The van der Waals surface area contributed by atoms with Crippen molar-refractivity contribution in [1.82, 2.24) is 15.2 Å². The zero-order chi connectivity index (χ0) is 13.8. The van der Waals surface area contributed by atoms with Crippen molar-refractivity contribution in [2.75, 3.05) is 36.5 Å². The van der Waals surface area contributed by atoms with Crippen molar-refractivity contribution in [2.45, 2.75) is 38.7 Å². The third kappa shape index (κ3) is 3.36. The summed E-state index contributed by atoms with van der Waals surface area (Å²) < 4.78 is 5.60. The van der Waals surface area contributed by atoms with E-state index in [4.69, 9.17) is 4.74 Å². The van der Waals surface area contributed by atoms with Crippen LogP contribution in [0.15, 0.2) is 6.20 Å². The van der Waals surface area contributed by atoms with Crippen LogP contribution in [0.25, 0.3) is 0 Å². The molecule has 2 atom stereocenters. The molecule has 0 radical (unpaired) electrons. The summed E-state index contributed by atoms with van der Waals surface area (Å²) in [6.07, 6.45) is 6.78. The van der Waals surface area contributed by atoms with E-state index in [1.165, 1.54) is 12.8 Å². The number of anilines is 2. The van der Waals surface area contributed by atoms with Gasteiger partial charge >= 0.3 is 0 Å². The molecule has 6 nitrogen and oxygen atoms in total. The van der Waals surface area contributed by atoms with E-state index in [1.807, 2.05) is 0 Å². The summed E-state index contributed by atoms with van der Waals surface area (Å²) in [5.41, 5.74) is 0. The van der Waals surface area contributed by atoms with Crippen LogP contribution in [0.2, 0.25) is 0 Å². The molecule has 2 aliphatic heterocycles. The minimum Gasteiger partial charge on any atom is -0.376 e. The largest absolute Gasteiger partial charge is 0.376 e. The van der Waals surface area contributed by atoms with Gasteiger partial charge in [-0.3, -0.25) is 0 Å². The molecule has 2 unspecified atom stereocenters. The monoisotopic (exact) mass is 277 g/mol. The number of ether oxygens (including phenoxy) is 1. The first kappa shape index (κ1) is 13.5. The Balaban J connectivity index is 1.59. The van der Waals surface area contributed by atoms with Crippen molar-refractivity contribution in [3.8, 4) is 0 Å². The van der Waals surface area contributed by atoms with Crippen LogP contribution in [0.1, 0.15) is 32.6 Å². The van der Waals surface area contributed by atoms with Gasteiger partial charge in [-0.05, 0) is 31.6 Å². The molecule has 1 aromatic heterocycles. The minimum atomic E-state index is 0.309. The van der Waals surface area contributed by atoms with E-state index in [1.54, 1.807) is 6.20 Å². The average molecular weight is 277 g/mol. The van der Waals surface area contributed by atoms with E-state index >= 15 is 0 Å². The fourth-order valence-electron chi connectivity index (χ4n) is 2.91. The first-order valence-electron chi connectivity index (χ1n) is 7.61. The lowest BCUT2D eigenvalue weighted by molar-refractivity contribution is 0.120. The van der Waals surface area contributed by atoms with Crippen molar-refractivity contribution in [2.24, 2.45) is 5.92 Å². The van der Waals surface area contributed by atoms with E-state index in [2.05, 4.69) is 32.3 Å². The lowest BCUT2D eigenvalue weighted by Crippen LogP contribution is -2.35. The SMILES string of the molecule is CC1CCCN(c2nncc(NCC3CCCO3)n2)C1. The zero-order valence-corrected chi connectivity index (χ0v) is 12.1. The van der Waals surface area contributed by atoms with Crippen LogP contribution in [-0.2, 0) is 4.74 Å². The number of nitrogens with zero attached hydrogens (tertiary/aromatic N) is 4. The van der Waals surface area contributed by atoms with Crippen LogP contribution < -0.4 is 10.2 Å². The van der Waals surface area contributed by atoms with Gasteiger partial charge in [-0.2, -0.15) is 10.1 Å². The lowest BCUT2D eigenvalue weighted by Gasteiger charge is -2.30. The van der Waals surface area contributed by atoms with Gasteiger partial charge in [-0.15, -0.1) is 5.10 Å². The molecule has 1 N–H and O–H groups in total. The molecular formula is C14H23N5O. The Morgan fingerprint density at radius 2 is 2.35 bits per heavy atom. The van der Waals surface area contributed by atoms with Crippen molar-refractivity contribution in [3.05, 3.63) is 6.20 Å². The van der Waals surface area contributed by atoms with E-state index in [0.717, 1.165) is 50.8 Å². The zero-order valence-electron chi connectivity index (χ0n) is 12.1. The normalized spacial score (nSPS) is 26.8. The molecule has 2 fully saturated rings. The fourth-order valence-corrected chi connectivity index (χ4v) is 2.91.